The second-order valence-corrected chi connectivity index (χ2v) is 3.41. The molecule has 0 aliphatic rings. The zero-order valence-corrected chi connectivity index (χ0v) is 8.93. The highest BCUT2D eigenvalue weighted by Gasteiger charge is 2.14. The number of hydrogen-bond donors (Lipinski definition) is 1. The maximum absolute atomic E-state index is 12.8. The summed E-state index contributed by atoms with van der Waals surface area (Å²) < 4.78 is 12.8. The van der Waals surface area contributed by atoms with Crippen LogP contribution in [0.5, 0.6) is 0 Å². The Balaban J connectivity index is 2.43. The van der Waals surface area contributed by atoms with Crippen LogP contribution >= 0.6 is 0 Å². The first-order valence-corrected chi connectivity index (χ1v) is 5.00. The molecule has 0 spiro atoms. The van der Waals surface area contributed by atoms with Crippen LogP contribution in [0.2, 0.25) is 0 Å². The van der Waals surface area contributed by atoms with Gasteiger partial charge < -0.3 is 5.73 Å². The van der Waals surface area contributed by atoms with E-state index in [4.69, 9.17) is 5.73 Å². The van der Waals surface area contributed by atoms with Crippen molar-refractivity contribution in [3.05, 3.63) is 60.4 Å². The van der Waals surface area contributed by atoms with Gasteiger partial charge in [0, 0.05) is 0 Å². The topological polar surface area (TPSA) is 46.3 Å². The molecule has 4 heteroatoms. The van der Waals surface area contributed by atoms with Crippen LogP contribution < -0.4 is 10.6 Å². The average molecular weight is 229 g/mol. The third-order valence-corrected chi connectivity index (χ3v) is 2.25. The summed E-state index contributed by atoms with van der Waals surface area (Å²) in [4.78, 5) is 12.7. The summed E-state index contributed by atoms with van der Waals surface area (Å²) in [5, 5.41) is 0. The molecule has 2 rings (SSSR count). The van der Waals surface area contributed by atoms with Gasteiger partial charge in [-0.15, -0.1) is 0 Å². The highest BCUT2D eigenvalue weighted by Crippen LogP contribution is 2.24. The lowest BCUT2D eigenvalue weighted by atomic mass is 10.2. The smallest absolute Gasteiger partial charge is 0.323 e. The van der Waals surface area contributed by atoms with Gasteiger partial charge >= 0.3 is 6.03 Å². The second-order valence-electron chi connectivity index (χ2n) is 3.41. The first kappa shape index (κ1) is 11.1. The van der Waals surface area contributed by atoms with Gasteiger partial charge in [0.15, 0.2) is 0 Å². The Labute approximate surface area is 98.3 Å². The Kier molecular flexibility index (Phi) is 3.05. The van der Waals surface area contributed by atoms with Gasteiger partial charge in [-0.3, -0.25) is 4.90 Å². The molecule has 0 saturated carbocycles. The van der Waals surface area contributed by atoms with Crippen LogP contribution in [0.1, 0.15) is 0 Å². The fourth-order valence-electron chi connectivity index (χ4n) is 1.52. The van der Waals surface area contributed by atoms with Crippen LogP contribution in [-0.4, -0.2) is 6.03 Å². The molecule has 85 valence electrons. The Morgan fingerprint density at radius 3 is 2.41 bits per heavy atom. The van der Waals surface area contributed by atoms with Gasteiger partial charge in [-0.1, -0.05) is 12.1 Å². The van der Waals surface area contributed by atoms with Gasteiger partial charge in [-0.2, -0.15) is 0 Å². The van der Waals surface area contributed by atoms with Gasteiger partial charge in [0.2, 0.25) is 0 Å². The summed E-state index contributed by atoms with van der Waals surface area (Å²) in [5.74, 6) is -0.363. The number of nitrogens with two attached hydrogens (primary N) is 1. The number of amides is 2. The lowest BCUT2D eigenvalue weighted by Crippen LogP contribution is -2.31. The lowest BCUT2D eigenvalue weighted by molar-refractivity contribution is 0.256. The van der Waals surface area contributed by atoms with Crippen LogP contribution in [0, 0.1) is 11.9 Å². The van der Waals surface area contributed by atoms with Gasteiger partial charge in [0.25, 0.3) is 0 Å². The number of hydrogen-bond acceptors (Lipinski definition) is 1. The van der Waals surface area contributed by atoms with Crippen molar-refractivity contribution in [1.82, 2.24) is 0 Å². The zero-order chi connectivity index (χ0) is 12.3. The summed E-state index contributed by atoms with van der Waals surface area (Å²) in [5.41, 5.74) is 6.42. The van der Waals surface area contributed by atoms with Crippen LogP contribution in [0.3, 0.4) is 0 Å². The molecule has 0 aromatic heterocycles. The van der Waals surface area contributed by atoms with Crippen molar-refractivity contribution in [2.24, 2.45) is 5.73 Å². The quantitative estimate of drug-likeness (QED) is 0.845. The van der Waals surface area contributed by atoms with Gasteiger partial charge in [-0.05, 0) is 42.5 Å². The maximum atomic E-state index is 12.8. The molecule has 0 aliphatic heterocycles. The second kappa shape index (κ2) is 4.65. The molecule has 2 N–H and O–H groups in total. The number of urea groups is 1. The van der Waals surface area contributed by atoms with Crippen LogP contribution in [-0.2, 0) is 0 Å². The van der Waals surface area contributed by atoms with Crippen LogP contribution in [0.25, 0.3) is 0 Å². The van der Waals surface area contributed by atoms with Crippen LogP contribution in [0.15, 0.2) is 48.5 Å². The number of benzene rings is 2. The zero-order valence-electron chi connectivity index (χ0n) is 8.93. The van der Waals surface area contributed by atoms with E-state index in [1.165, 1.54) is 29.2 Å². The standard InChI is InChI=1S/C13H10FN2O/c14-10-6-8-12(9-7-10)16(13(15)17)11-4-2-1-3-5-11/h1-2,4-9H,(H2,15,17). The predicted molar refractivity (Wildman–Crippen MR) is 63.4 cm³/mol. The minimum absolute atomic E-state index is 0.363. The maximum Gasteiger partial charge on any atom is 0.323 e. The Morgan fingerprint density at radius 2 is 1.88 bits per heavy atom. The van der Waals surface area contributed by atoms with E-state index in [9.17, 15) is 9.18 Å². The van der Waals surface area contributed by atoms with Crippen molar-refractivity contribution in [3.63, 3.8) is 0 Å². The Hall–Kier alpha value is -2.36. The molecular formula is C13H10FN2O. The summed E-state index contributed by atoms with van der Waals surface area (Å²) in [6.45, 7) is 0. The van der Waals surface area contributed by atoms with Crippen molar-refractivity contribution < 1.29 is 9.18 Å². The minimum Gasteiger partial charge on any atom is -0.351 e. The van der Waals surface area contributed by atoms with E-state index in [1.807, 2.05) is 0 Å². The monoisotopic (exact) mass is 229 g/mol. The predicted octanol–water partition coefficient (Wildman–Crippen LogP) is 2.84. The van der Waals surface area contributed by atoms with E-state index in [-0.39, 0.29) is 5.82 Å². The van der Waals surface area contributed by atoms with Gasteiger partial charge in [-0.25, -0.2) is 9.18 Å². The number of carbonyl (C=O) groups is 1. The first-order valence-electron chi connectivity index (χ1n) is 5.00. The number of rotatable bonds is 2. The van der Waals surface area contributed by atoms with Crippen molar-refractivity contribution in [1.29, 1.82) is 0 Å². The van der Waals surface area contributed by atoms with Gasteiger partial charge in [0.1, 0.15) is 5.82 Å². The molecule has 0 aliphatic carbocycles. The molecule has 0 bridgehead atoms. The lowest BCUT2D eigenvalue weighted by Gasteiger charge is -2.20. The first-order chi connectivity index (χ1) is 8.18. The van der Waals surface area contributed by atoms with Crippen molar-refractivity contribution in [2.75, 3.05) is 4.90 Å². The molecule has 0 saturated heterocycles. The fraction of sp³-hybridized carbons (Fsp3) is 0. The number of halogens is 1. The van der Waals surface area contributed by atoms with E-state index in [0.29, 0.717) is 11.4 Å². The van der Waals surface area contributed by atoms with E-state index in [2.05, 4.69) is 6.07 Å². The normalized spacial score (nSPS) is 9.94. The van der Waals surface area contributed by atoms with E-state index >= 15 is 0 Å². The molecule has 1 radical (unpaired) electrons. The van der Waals surface area contributed by atoms with E-state index < -0.39 is 6.03 Å². The van der Waals surface area contributed by atoms with E-state index in [1.54, 1.807) is 24.3 Å². The molecular weight excluding hydrogens is 219 g/mol. The Bertz CT molecular complexity index is 511. The molecule has 2 aromatic rings. The molecule has 0 heterocycles. The highest BCUT2D eigenvalue weighted by atomic mass is 19.1. The molecule has 2 amide bonds. The van der Waals surface area contributed by atoms with Crippen molar-refractivity contribution in [2.45, 2.75) is 0 Å². The third kappa shape index (κ3) is 2.42. The number of primary amides is 1. The molecule has 0 fully saturated rings. The number of carbonyl (C=O) groups excluding carboxylic acids is 1. The molecule has 0 atom stereocenters. The van der Waals surface area contributed by atoms with Gasteiger partial charge in [0.05, 0.1) is 11.4 Å². The van der Waals surface area contributed by atoms with E-state index in [0.717, 1.165) is 0 Å². The summed E-state index contributed by atoms with van der Waals surface area (Å²) in [6, 6.07) is 14.6. The summed E-state index contributed by atoms with van der Waals surface area (Å²) >= 11 is 0. The fourth-order valence-corrected chi connectivity index (χ4v) is 1.52. The van der Waals surface area contributed by atoms with Crippen molar-refractivity contribution in [3.8, 4) is 0 Å². The largest absolute Gasteiger partial charge is 0.351 e. The highest BCUT2D eigenvalue weighted by molar-refractivity contribution is 5.98. The molecule has 17 heavy (non-hydrogen) atoms. The Morgan fingerprint density at radius 1 is 1.18 bits per heavy atom. The average Bonchev–Trinajstić information content (AvgIpc) is 2.33. The molecule has 3 nitrogen and oxygen atoms in total. The molecule has 2 aromatic carbocycles. The third-order valence-electron chi connectivity index (χ3n) is 2.25. The molecule has 0 unspecified atom stereocenters. The number of nitrogens with zero attached hydrogens (tertiary/aromatic N) is 1. The van der Waals surface area contributed by atoms with Crippen molar-refractivity contribution >= 4 is 17.4 Å². The summed E-state index contributed by atoms with van der Waals surface area (Å²) in [7, 11) is 0. The number of anilines is 2. The minimum atomic E-state index is -0.629. The summed E-state index contributed by atoms with van der Waals surface area (Å²) in [6.07, 6.45) is 0. The van der Waals surface area contributed by atoms with Crippen LogP contribution in [0.4, 0.5) is 20.6 Å². The SMILES string of the molecule is NC(=O)N(c1c[c]ccc1)c1ccc(F)cc1.